The van der Waals surface area contributed by atoms with Crippen molar-refractivity contribution in [3.8, 4) is 0 Å². The normalized spacial score (nSPS) is 34.9. The molecule has 0 aromatic heterocycles. The van der Waals surface area contributed by atoms with Crippen LogP contribution >= 0.6 is 0 Å². The molecular formula is C13H23NO2. The molecule has 3 nitrogen and oxygen atoms in total. The van der Waals surface area contributed by atoms with Gasteiger partial charge in [0.1, 0.15) is 6.10 Å². The highest BCUT2D eigenvalue weighted by molar-refractivity contribution is 5.81. The van der Waals surface area contributed by atoms with Gasteiger partial charge in [-0.05, 0) is 44.4 Å². The van der Waals surface area contributed by atoms with Gasteiger partial charge in [-0.15, -0.1) is 0 Å². The van der Waals surface area contributed by atoms with E-state index in [0.29, 0.717) is 6.04 Å². The van der Waals surface area contributed by atoms with E-state index < -0.39 is 0 Å². The Morgan fingerprint density at radius 2 is 2.00 bits per heavy atom. The van der Waals surface area contributed by atoms with E-state index in [1.54, 1.807) is 0 Å². The van der Waals surface area contributed by atoms with Gasteiger partial charge in [-0.25, -0.2) is 0 Å². The number of hydrogen-bond donors (Lipinski definition) is 1. The lowest BCUT2D eigenvalue weighted by atomic mass is 9.84. The minimum absolute atomic E-state index is 0.123. The van der Waals surface area contributed by atoms with E-state index in [0.717, 1.165) is 38.2 Å². The van der Waals surface area contributed by atoms with Crippen LogP contribution in [0.2, 0.25) is 0 Å². The van der Waals surface area contributed by atoms with Crippen LogP contribution in [0, 0.1) is 5.92 Å². The number of nitrogens with one attached hydrogen (secondary N) is 1. The molecule has 2 rings (SSSR count). The summed E-state index contributed by atoms with van der Waals surface area (Å²) in [4.78, 5) is 11.8. The molecule has 0 bridgehead atoms. The lowest BCUT2D eigenvalue weighted by Gasteiger charge is -2.29. The number of carbonyl (C=O) groups is 1. The molecule has 1 saturated carbocycles. The summed E-state index contributed by atoms with van der Waals surface area (Å²) in [5.74, 6) is 1.01. The maximum Gasteiger partial charge on any atom is 0.249 e. The van der Waals surface area contributed by atoms with Crippen molar-refractivity contribution >= 4 is 5.91 Å². The first kappa shape index (κ1) is 11.9. The quantitative estimate of drug-likeness (QED) is 0.800. The minimum atomic E-state index is -0.163. The van der Waals surface area contributed by atoms with Crippen molar-refractivity contribution < 1.29 is 9.53 Å². The molecule has 1 N–H and O–H groups in total. The van der Waals surface area contributed by atoms with Crippen molar-refractivity contribution in [3.05, 3.63) is 0 Å². The minimum Gasteiger partial charge on any atom is -0.368 e. The SMILES string of the molecule is CCC1CCC(NC(=O)[C@@H]2CCCO2)CC1. The Bertz CT molecular complexity index is 228. The number of carbonyl (C=O) groups excluding carboxylic acids is 1. The molecule has 2 aliphatic rings. The molecule has 0 unspecified atom stereocenters. The maximum absolute atomic E-state index is 11.8. The van der Waals surface area contributed by atoms with E-state index in [2.05, 4.69) is 12.2 Å². The summed E-state index contributed by atoms with van der Waals surface area (Å²) >= 11 is 0. The van der Waals surface area contributed by atoms with E-state index >= 15 is 0 Å². The highest BCUT2D eigenvalue weighted by atomic mass is 16.5. The summed E-state index contributed by atoms with van der Waals surface area (Å²) in [7, 11) is 0. The Kier molecular flexibility index (Phi) is 4.22. The second-order valence-corrected chi connectivity index (χ2v) is 5.14. The average molecular weight is 225 g/mol. The Labute approximate surface area is 97.9 Å². The van der Waals surface area contributed by atoms with Crippen molar-refractivity contribution in [1.82, 2.24) is 5.32 Å². The fraction of sp³-hybridized carbons (Fsp3) is 0.923. The van der Waals surface area contributed by atoms with Gasteiger partial charge in [-0.1, -0.05) is 13.3 Å². The zero-order valence-corrected chi connectivity index (χ0v) is 10.2. The number of rotatable bonds is 3. The maximum atomic E-state index is 11.8. The van der Waals surface area contributed by atoms with Crippen LogP contribution in [0.4, 0.5) is 0 Å². The molecule has 2 fully saturated rings. The van der Waals surface area contributed by atoms with Crippen LogP contribution in [-0.2, 0) is 9.53 Å². The van der Waals surface area contributed by atoms with Gasteiger partial charge in [0.25, 0.3) is 0 Å². The van der Waals surface area contributed by atoms with Gasteiger partial charge in [0.2, 0.25) is 5.91 Å². The largest absolute Gasteiger partial charge is 0.368 e. The molecule has 1 atom stereocenters. The van der Waals surface area contributed by atoms with E-state index in [-0.39, 0.29) is 12.0 Å². The average Bonchev–Trinajstić information content (AvgIpc) is 2.83. The molecule has 0 spiro atoms. The van der Waals surface area contributed by atoms with Crippen LogP contribution in [0.25, 0.3) is 0 Å². The molecule has 1 aliphatic heterocycles. The standard InChI is InChI=1S/C13H23NO2/c1-2-10-5-7-11(8-6-10)14-13(15)12-4-3-9-16-12/h10-12H,2-9H2,1H3,(H,14,15)/t10?,11?,12-/m0/s1. The molecule has 1 saturated heterocycles. The predicted molar refractivity (Wildman–Crippen MR) is 63.2 cm³/mol. The highest BCUT2D eigenvalue weighted by Crippen LogP contribution is 2.26. The summed E-state index contributed by atoms with van der Waals surface area (Å²) in [5.41, 5.74) is 0. The van der Waals surface area contributed by atoms with Crippen LogP contribution in [0.15, 0.2) is 0 Å². The van der Waals surface area contributed by atoms with Gasteiger partial charge in [-0.3, -0.25) is 4.79 Å². The van der Waals surface area contributed by atoms with Crippen LogP contribution < -0.4 is 5.32 Å². The third-order valence-corrected chi connectivity index (χ3v) is 3.99. The van der Waals surface area contributed by atoms with Crippen LogP contribution in [0.5, 0.6) is 0 Å². The smallest absolute Gasteiger partial charge is 0.249 e. The summed E-state index contributed by atoms with van der Waals surface area (Å²) in [6.07, 6.45) is 7.89. The fourth-order valence-electron chi connectivity index (χ4n) is 2.79. The topological polar surface area (TPSA) is 38.3 Å². The fourth-order valence-corrected chi connectivity index (χ4v) is 2.79. The molecule has 1 amide bonds. The van der Waals surface area contributed by atoms with Gasteiger partial charge in [0.15, 0.2) is 0 Å². The number of hydrogen-bond acceptors (Lipinski definition) is 2. The molecule has 0 radical (unpaired) electrons. The van der Waals surface area contributed by atoms with E-state index in [1.165, 1.54) is 19.3 Å². The van der Waals surface area contributed by atoms with Gasteiger partial charge in [-0.2, -0.15) is 0 Å². The second kappa shape index (κ2) is 5.67. The van der Waals surface area contributed by atoms with Gasteiger partial charge in [0.05, 0.1) is 0 Å². The Balaban J connectivity index is 1.71. The summed E-state index contributed by atoms with van der Waals surface area (Å²) in [6.45, 7) is 3.01. The van der Waals surface area contributed by atoms with Crippen molar-refractivity contribution in [3.63, 3.8) is 0 Å². The summed E-state index contributed by atoms with van der Waals surface area (Å²) < 4.78 is 5.39. The van der Waals surface area contributed by atoms with Crippen LogP contribution in [-0.4, -0.2) is 24.7 Å². The monoisotopic (exact) mass is 225 g/mol. The van der Waals surface area contributed by atoms with Crippen LogP contribution in [0.1, 0.15) is 51.9 Å². The van der Waals surface area contributed by atoms with E-state index in [9.17, 15) is 4.79 Å². The third kappa shape index (κ3) is 2.97. The van der Waals surface area contributed by atoms with Crippen molar-refractivity contribution in [2.24, 2.45) is 5.92 Å². The van der Waals surface area contributed by atoms with Crippen molar-refractivity contribution in [2.45, 2.75) is 64.0 Å². The Hall–Kier alpha value is -0.570. The molecule has 0 aromatic rings. The first-order valence-electron chi connectivity index (χ1n) is 6.71. The Morgan fingerprint density at radius 1 is 1.25 bits per heavy atom. The molecule has 16 heavy (non-hydrogen) atoms. The zero-order valence-electron chi connectivity index (χ0n) is 10.2. The summed E-state index contributed by atoms with van der Waals surface area (Å²) in [5, 5.41) is 3.14. The predicted octanol–water partition coefficient (Wildman–Crippen LogP) is 2.25. The molecule has 0 aromatic carbocycles. The van der Waals surface area contributed by atoms with E-state index in [4.69, 9.17) is 4.74 Å². The van der Waals surface area contributed by atoms with E-state index in [1.807, 2.05) is 0 Å². The highest BCUT2D eigenvalue weighted by Gasteiger charge is 2.27. The molecule has 92 valence electrons. The summed E-state index contributed by atoms with van der Waals surface area (Å²) in [6, 6.07) is 0.402. The molecule has 1 heterocycles. The number of amides is 1. The van der Waals surface area contributed by atoms with Crippen molar-refractivity contribution in [1.29, 1.82) is 0 Å². The van der Waals surface area contributed by atoms with Gasteiger partial charge in [0, 0.05) is 12.6 Å². The Morgan fingerprint density at radius 3 is 2.56 bits per heavy atom. The first-order chi connectivity index (χ1) is 7.79. The van der Waals surface area contributed by atoms with Crippen LogP contribution in [0.3, 0.4) is 0 Å². The second-order valence-electron chi connectivity index (χ2n) is 5.14. The van der Waals surface area contributed by atoms with Crippen molar-refractivity contribution in [2.75, 3.05) is 6.61 Å². The molecule has 3 heteroatoms. The zero-order chi connectivity index (χ0) is 11.4. The van der Waals surface area contributed by atoms with Gasteiger partial charge < -0.3 is 10.1 Å². The number of ether oxygens (including phenoxy) is 1. The molecule has 1 aliphatic carbocycles. The first-order valence-corrected chi connectivity index (χ1v) is 6.71. The lowest BCUT2D eigenvalue weighted by molar-refractivity contribution is -0.131. The van der Waals surface area contributed by atoms with Gasteiger partial charge >= 0.3 is 0 Å². The molecular weight excluding hydrogens is 202 g/mol. The lowest BCUT2D eigenvalue weighted by Crippen LogP contribution is -2.42. The third-order valence-electron chi connectivity index (χ3n) is 3.99.